The first kappa shape index (κ1) is 19.5. The maximum Gasteiger partial charge on any atom is 0.251 e. The van der Waals surface area contributed by atoms with Gasteiger partial charge in [0.15, 0.2) is 0 Å². The van der Waals surface area contributed by atoms with Crippen molar-refractivity contribution in [3.8, 4) is 5.75 Å². The van der Waals surface area contributed by atoms with Crippen LogP contribution in [0.1, 0.15) is 27.0 Å². The summed E-state index contributed by atoms with van der Waals surface area (Å²) < 4.78 is 7.70. The van der Waals surface area contributed by atoms with E-state index in [1.165, 1.54) is 0 Å². The van der Waals surface area contributed by atoms with Crippen LogP contribution in [0.4, 0.5) is 0 Å². The number of hydrogen-bond donors (Lipinski definition) is 1. The van der Waals surface area contributed by atoms with Crippen molar-refractivity contribution in [1.29, 1.82) is 0 Å². The van der Waals surface area contributed by atoms with E-state index in [2.05, 4.69) is 16.5 Å². The zero-order chi connectivity index (χ0) is 20.6. The fourth-order valence-corrected chi connectivity index (χ4v) is 3.20. The molecule has 0 aliphatic heterocycles. The van der Waals surface area contributed by atoms with Gasteiger partial charge in [0.25, 0.3) is 5.91 Å². The van der Waals surface area contributed by atoms with E-state index in [-0.39, 0.29) is 5.91 Å². The molecule has 0 saturated heterocycles. The van der Waals surface area contributed by atoms with Gasteiger partial charge < -0.3 is 10.1 Å². The van der Waals surface area contributed by atoms with Crippen LogP contribution in [0, 0.1) is 0 Å². The van der Waals surface area contributed by atoms with Crippen molar-refractivity contribution < 1.29 is 9.53 Å². The van der Waals surface area contributed by atoms with Crippen LogP contribution in [0.3, 0.4) is 0 Å². The number of benzene rings is 3. The van der Waals surface area contributed by atoms with E-state index >= 15 is 0 Å². The van der Waals surface area contributed by atoms with Crippen molar-refractivity contribution in [2.75, 3.05) is 0 Å². The molecule has 0 bridgehead atoms. The summed E-state index contributed by atoms with van der Waals surface area (Å²) in [6, 6.07) is 27.2. The SMILES string of the molecule is O=C(NCc1ccccc1Cn1cccn1)c1cccc(OCc2ccccc2)c1. The second kappa shape index (κ2) is 9.56. The second-order valence-electron chi connectivity index (χ2n) is 6.96. The molecule has 1 amide bonds. The Morgan fingerprint density at radius 3 is 2.50 bits per heavy atom. The largest absolute Gasteiger partial charge is 0.489 e. The van der Waals surface area contributed by atoms with Crippen LogP contribution in [-0.4, -0.2) is 15.7 Å². The smallest absolute Gasteiger partial charge is 0.251 e. The summed E-state index contributed by atoms with van der Waals surface area (Å²) in [6.07, 6.45) is 3.69. The van der Waals surface area contributed by atoms with Gasteiger partial charge in [0, 0.05) is 24.5 Å². The third-order valence-corrected chi connectivity index (χ3v) is 4.79. The first-order valence-corrected chi connectivity index (χ1v) is 9.87. The predicted octanol–water partition coefficient (Wildman–Crippen LogP) is 4.44. The topological polar surface area (TPSA) is 56.2 Å². The standard InChI is InChI=1S/C25H23N3O2/c29-25(21-12-6-13-24(16-21)30-19-20-8-2-1-3-9-20)26-17-22-10-4-5-11-23(22)18-28-15-7-14-27-28/h1-16H,17-19H2,(H,26,29). The minimum absolute atomic E-state index is 0.131. The first-order valence-electron chi connectivity index (χ1n) is 9.87. The van der Waals surface area contributed by atoms with Crippen LogP contribution in [0.15, 0.2) is 97.3 Å². The molecule has 1 heterocycles. The lowest BCUT2D eigenvalue weighted by Crippen LogP contribution is -2.23. The maximum atomic E-state index is 12.7. The minimum Gasteiger partial charge on any atom is -0.489 e. The Bertz CT molecular complexity index is 1090. The van der Waals surface area contributed by atoms with Crippen LogP contribution in [0.2, 0.25) is 0 Å². The Hall–Kier alpha value is -3.86. The molecule has 4 aromatic rings. The Balaban J connectivity index is 1.38. The van der Waals surface area contributed by atoms with Crippen molar-refractivity contribution in [2.24, 2.45) is 0 Å². The molecule has 150 valence electrons. The molecule has 0 aliphatic carbocycles. The molecule has 1 N–H and O–H groups in total. The molecular formula is C25H23N3O2. The van der Waals surface area contributed by atoms with Gasteiger partial charge in [0.05, 0.1) is 6.54 Å². The highest BCUT2D eigenvalue weighted by Crippen LogP contribution is 2.16. The Morgan fingerprint density at radius 1 is 0.900 bits per heavy atom. The molecule has 0 atom stereocenters. The molecule has 5 nitrogen and oxygen atoms in total. The zero-order valence-corrected chi connectivity index (χ0v) is 16.6. The lowest BCUT2D eigenvalue weighted by molar-refractivity contribution is 0.0950. The van der Waals surface area contributed by atoms with E-state index in [0.717, 1.165) is 16.7 Å². The monoisotopic (exact) mass is 397 g/mol. The lowest BCUT2D eigenvalue weighted by Gasteiger charge is -2.12. The molecule has 30 heavy (non-hydrogen) atoms. The molecule has 0 saturated carbocycles. The third kappa shape index (κ3) is 5.14. The molecule has 5 heteroatoms. The number of nitrogens with one attached hydrogen (secondary N) is 1. The summed E-state index contributed by atoms with van der Waals surface area (Å²) in [5.41, 5.74) is 3.85. The highest BCUT2D eigenvalue weighted by atomic mass is 16.5. The van der Waals surface area contributed by atoms with E-state index in [1.807, 2.05) is 77.6 Å². The molecule has 0 unspecified atom stereocenters. The molecule has 1 aromatic heterocycles. The van der Waals surface area contributed by atoms with Crippen molar-refractivity contribution in [1.82, 2.24) is 15.1 Å². The summed E-state index contributed by atoms with van der Waals surface area (Å²) in [4.78, 5) is 12.7. The van der Waals surface area contributed by atoms with Crippen molar-refractivity contribution in [2.45, 2.75) is 19.7 Å². The Labute approximate surface area is 175 Å². The molecule has 0 aliphatic rings. The normalized spacial score (nSPS) is 10.5. The van der Waals surface area contributed by atoms with Gasteiger partial charge in [0.1, 0.15) is 12.4 Å². The molecule has 4 rings (SSSR count). The van der Waals surface area contributed by atoms with E-state index in [9.17, 15) is 4.79 Å². The van der Waals surface area contributed by atoms with Crippen molar-refractivity contribution in [3.05, 3.63) is 120 Å². The number of ether oxygens (including phenoxy) is 1. The average molecular weight is 397 g/mol. The molecule has 0 fully saturated rings. The molecule has 0 spiro atoms. The predicted molar refractivity (Wildman–Crippen MR) is 116 cm³/mol. The average Bonchev–Trinajstić information content (AvgIpc) is 3.31. The van der Waals surface area contributed by atoms with Crippen LogP contribution in [0.5, 0.6) is 5.75 Å². The van der Waals surface area contributed by atoms with Gasteiger partial charge in [-0.1, -0.05) is 60.7 Å². The second-order valence-corrected chi connectivity index (χ2v) is 6.96. The van der Waals surface area contributed by atoms with Gasteiger partial charge in [-0.2, -0.15) is 5.10 Å². The van der Waals surface area contributed by atoms with Crippen LogP contribution >= 0.6 is 0 Å². The Kier molecular flexibility index (Phi) is 6.20. The summed E-state index contributed by atoms with van der Waals surface area (Å²) in [5.74, 6) is 0.541. The Morgan fingerprint density at radius 2 is 1.70 bits per heavy atom. The highest BCUT2D eigenvalue weighted by molar-refractivity contribution is 5.94. The number of aromatic nitrogens is 2. The van der Waals surface area contributed by atoms with Gasteiger partial charge in [0.2, 0.25) is 0 Å². The number of amides is 1. The van der Waals surface area contributed by atoms with Gasteiger partial charge >= 0.3 is 0 Å². The van der Waals surface area contributed by atoms with Crippen molar-refractivity contribution >= 4 is 5.91 Å². The third-order valence-electron chi connectivity index (χ3n) is 4.79. The van der Waals surface area contributed by atoms with Crippen LogP contribution in [-0.2, 0) is 19.7 Å². The zero-order valence-electron chi connectivity index (χ0n) is 16.6. The van der Waals surface area contributed by atoms with Crippen molar-refractivity contribution in [3.63, 3.8) is 0 Å². The van der Waals surface area contributed by atoms with Gasteiger partial charge in [-0.3, -0.25) is 9.48 Å². The summed E-state index contributed by atoms with van der Waals surface area (Å²) in [7, 11) is 0. The van der Waals surface area contributed by atoms with E-state index < -0.39 is 0 Å². The number of hydrogen-bond acceptors (Lipinski definition) is 3. The van der Waals surface area contributed by atoms with E-state index in [0.29, 0.717) is 31.0 Å². The van der Waals surface area contributed by atoms with Crippen LogP contribution < -0.4 is 10.1 Å². The van der Waals surface area contributed by atoms with Crippen LogP contribution in [0.25, 0.3) is 0 Å². The first-order chi connectivity index (χ1) is 14.8. The van der Waals surface area contributed by atoms with Gasteiger partial charge in [-0.25, -0.2) is 0 Å². The number of carbonyl (C=O) groups is 1. The van der Waals surface area contributed by atoms with Gasteiger partial charge in [-0.15, -0.1) is 0 Å². The maximum absolute atomic E-state index is 12.7. The fraction of sp³-hybridized carbons (Fsp3) is 0.120. The fourth-order valence-electron chi connectivity index (χ4n) is 3.20. The molecular weight excluding hydrogens is 374 g/mol. The summed E-state index contributed by atoms with van der Waals surface area (Å²) in [5, 5.41) is 7.27. The number of rotatable bonds is 8. The lowest BCUT2D eigenvalue weighted by atomic mass is 10.1. The van der Waals surface area contributed by atoms with E-state index in [4.69, 9.17) is 4.74 Å². The highest BCUT2D eigenvalue weighted by Gasteiger charge is 2.09. The molecule has 3 aromatic carbocycles. The number of nitrogens with zero attached hydrogens (tertiary/aromatic N) is 2. The summed E-state index contributed by atoms with van der Waals surface area (Å²) in [6.45, 7) is 1.58. The van der Waals surface area contributed by atoms with Gasteiger partial charge in [-0.05, 0) is 41.0 Å². The summed E-state index contributed by atoms with van der Waals surface area (Å²) >= 11 is 0. The quantitative estimate of drug-likeness (QED) is 0.478. The minimum atomic E-state index is -0.131. The number of carbonyl (C=O) groups excluding carboxylic acids is 1. The van der Waals surface area contributed by atoms with E-state index in [1.54, 1.807) is 18.3 Å². The molecule has 0 radical (unpaired) electrons.